The molecule has 18 nitrogen and oxygen atoms in total. The molecule has 0 saturated carbocycles. The first kappa shape index (κ1) is 84.7. The summed E-state index contributed by atoms with van der Waals surface area (Å²) in [5.74, 6) is 0. The fraction of sp³-hybridized carbons (Fsp3) is 0.00787. The van der Waals surface area contributed by atoms with Crippen LogP contribution in [-0.2, 0) is 6.42 Å². The fourth-order valence-electron chi connectivity index (χ4n) is 23.6. The third-order valence-corrected chi connectivity index (χ3v) is 33.3. The number of benzene rings is 19. The van der Waals surface area contributed by atoms with Crippen LogP contribution in [0, 0.1) is 0 Å². The highest BCUT2D eigenvalue weighted by molar-refractivity contribution is 7.99. The van der Waals surface area contributed by atoms with E-state index in [2.05, 4.69) is 33.1 Å². The molecule has 0 atom stereocenters. The highest BCUT2D eigenvalue weighted by Gasteiger charge is 2.29. The molecule has 147 heavy (non-hydrogen) atoms. The Balaban J connectivity index is 0.000000104. The van der Waals surface area contributed by atoms with Gasteiger partial charge in [-0.25, -0.2) is 0 Å². The van der Waals surface area contributed by atoms with Gasteiger partial charge in [0, 0.05) is 139 Å². The van der Waals surface area contributed by atoms with E-state index in [1.165, 1.54) is 11.8 Å². The summed E-state index contributed by atoms with van der Waals surface area (Å²) < 4.78 is 12.2. The van der Waals surface area contributed by atoms with E-state index in [4.69, 9.17) is 0 Å². The van der Waals surface area contributed by atoms with Crippen LogP contribution in [0.3, 0.4) is 0 Å². The van der Waals surface area contributed by atoms with Gasteiger partial charge in [-0.15, -0.1) is 0 Å². The molecule has 688 valence electrons. The highest BCUT2D eigenvalue weighted by atomic mass is 32.2. The molecule has 19 aromatic carbocycles. The van der Waals surface area contributed by atoms with Crippen LogP contribution in [-0.4, -0.2) is 26.4 Å². The summed E-state index contributed by atoms with van der Waals surface area (Å²) in [6, 6.07) is 123. The molecule has 0 aliphatic heterocycles. The predicted octanol–water partition coefficient (Wildman–Crippen LogP) is 21.8. The first-order valence-electron chi connectivity index (χ1n) is 48.0. The van der Waals surface area contributed by atoms with Gasteiger partial charge in [-0.05, 0) is 272 Å². The molecule has 0 spiro atoms. The van der Waals surface area contributed by atoms with Gasteiger partial charge in [-0.3, -0.25) is 57.5 Å². The van der Waals surface area contributed by atoms with Crippen LogP contribution in [0.5, 0.6) is 0 Å². The lowest BCUT2D eigenvalue weighted by Gasteiger charge is -2.22. The second-order valence-electron chi connectivity index (χ2n) is 37.7. The zero-order valence-electron chi connectivity index (χ0n) is 77.2. The molecular weight excluding hydrogens is 1860 g/mol. The second-order valence-corrected chi connectivity index (χ2v) is 41.1. The zero-order valence-corrected chi connectivity index (χ0v) is 78.9. The van der Waals surface area contributed by atoms with Crippen molar-refractivity contribution < 1.29 is 0 Å². The van der Waals surface area contributed by atoms with Crippen molar-refractivity contribution in [1.82, 2.24) is 26.4 Å². The van der Waals surface area contributed by atoms with E-state index in [0.29, 0.717) is 169 Å². The number of pyridine rings is 12. The van der Waals surface area contributed by atoms with Gasteiger partial charge in [0.2, 0.25) is 0 Å². The van der Waals surface area contributed by atoms with Crippen molar-refractivity contribution >= 4 is 264 Å². The minimum atomic E-state index is -1.24. The SMILES string of the molecule is O=c1c2ccccc2n2c3ccc(Cc4ccc5c(c4)c(=O)c4cccc6c(=O)c7ccccc7n5c64)cc3c(=O)c3cccc1c32.O=c1c2ccccc2n2c3ccc(P(c4ccccc4)c4ccc5c(c4)c(=O)c4cccc6c(=O)c7ccccc7n5c64)cc3c(=O)c3cccc1c32.O=c1c2ccccc2n2c3ccc(Sc4ccc5c(c4)c(=O)c4cccc6c(=O)c7ccccc7n5c64)cc3c(=O)c3cccc1c32. The Labute approximate surface area is 829 Å². The molecular formula is C127H67N6O12PS. The molecule has 0 aliphatic rings. The molecule has 0 fully saturated rings. The van der Waals surface area contributed by atoms with Crippen LogP contribution >= 0.6 is 19.7 Å². The lowest BCUT2D eigenvalue weighted by molar-refractivity contribution is 1.19. The first-order valence-corrected chi connectivity index (χ1v) is 50.2. The van der Waals surface area contributed by atoms with E-state index < -0.39 is 7.92 Å². The molecule has 0 unspecified atom stereocenters. The second kappa shape index (κ2) is 31.6. The molecule has 12 aromatic heterocycles. The van der Waals surface area contributed by atoms with Gasteiger partial charge in [-0.2, -0.15) is 0 Å². The van der Waals surface area contributed by atoms with Gasteiger partial charge < -0.3 is 26.4 Å². The molecule has 0 saturated heterocycles. The molecule has 12 heterocycles. The number of rotatable bonds is 7. The van der Waals surface area contributed by atoms with Gasteiger partial charge >= 0.3 is 0 Å². The number of hydrogen-bond donors (Lipinski definition) is 0. The molecule has 0 amide bonds. The van der Waals surface area contributed by atoms with Crippen molar-refractivity contribution in [2.24, 2.45) is 0 Å². The lowest BCUT2D eigenvalue weighted by Crippen LogP contribution is -2.23. The van der Waals surface area contributed by atoms with Crippen LogP contribution in [0.25, 0.3) is 229 Å². The van der Waals surface area contributed by atoms with Crippen LogP contribution in [0.15, 0.2) is 462 Å². The van der Waals surface area contributed by atoms with Gasteiger partial charge in [0.1, 0.15) is 0 Å². The molecule has 0 aliphatic carbocycles. The Morgan fingerprint density at radius 3 is 0.578 bits per heavy atom. The Morgan fingerprint density at radius 2 is 0.333 bits per heavy atom. The first-order chi connectivity index (χ1) is 72.0. The number of fused-ring (bicyclic) bond motifs is 24. The zero-order chi connectivity index (χ0) is 98.6. The smallest absolute Gasteiger partial charge is 0.197 e. The molecule has 0 N–H and O–H groups in total. The van der Waals surface area contributed by atoms with Crippen molar-refractivity contribution in [3.8, 4) is 0 Å². The van der Waals surface area contributed by atoms with E-state index in [-0.39, 0.29) is 65.1 Å². The van der Waals surface area contributed by atoms with Crippen LogP contribution in [0.2, 0.25) is 0 Å². The van der Waals surface area contributed by atoms with Gasteiger partial charge in [0.15, 0.2) is 65.1 Å². The van der Waals surface area contributed by atoms with E-state index in [0.717, 1.165) is 103 Å². The van der Waals surface area contributed by atoms with Crippen molar-refractivity contribution in [3.63, 3.8) is 0 Å². The summed E-state index contributed by atoms with van der Waals surface area (Å²) in [5.41, 5.74) is 13.3. The molecule has 20 heteroatoms. The maximum atomic E-state index is 14.4. The lowest BCUT2D eigenvalue weighted by atomic mass is 9.98. The predicted molar refractivity (Wildman–Crippen MR) is 601 cm³/mol. The Kier molecular flexibility index (Phi) is 18.2. The maximum Gasteiger partial charge on any atom is 0.197 e. The number of aromatic nitrogens is 6. The molecule has 31 rings (SSSR count). The van der Waals surface area contributed by atoms with Crippen molar-refractivity contribution in [2.45, 2.75) is 16.2 Å². The minimum Gasteiger partial charge on any atom is -0.308 e. The summed E-state index contributed by atoms with van der Waals surface area (Å²) in [6.45, 7) is 0. The Morgan fingerprint density at radius 1 is 0.150 bits per heavy atom. The van der Waals surface area contributed by atoms with Crippen molar-refractivity contribution in [2.75, 3.05) is 0 Å². The highest BCUT2D eigenvalue weighted by Crippen LogP contribution is 2.41. The Hall–Kier alpha value is -19.2. The van der Waals surface area contributed by atoms with E-state index >= 15 is 0 Å². The standard InChI is InChI=1S/C46H25N2O4P.C41H22N2O4.C40H20N2O4S/c49-43-29-12-4-6-18-37(29)47-39-22-20-27(24-35(39)45(51)33-16-8-14-31(43)41(33)47)53(26-10-2-1-3-11-26)28-21-23-40-36(25-28)46(52)34-17-9-15-32-42(34)48(40)38-19-7-5-13-30(38)44(32)50;44-38-24-7-1-3-13-32(24)42-34-17-15-22(20-30(34)40(46)28-11-5-9-26(38)36(28)42)19-23-16-18-35-31(21-23)41(47)29-12-6-10-27-37(29)43(35)33-14-4-2-8-25(33)39(27)45;43-37-23-7-1-3-13-31(23)41-33-17-15-21(19-29(33)39(45)27-11-5-9-25(37)35(27)41)47-22-16-18-34-30(20-22)40(46)28-12-6-10-26-36(28)42(34)32-14-4-2-8-24(32)38(26)44/h1-25H;1-18,20-21H,19H2;1-20H. The van der Waals surface area contributed by atoms with Gasteiger partial charge in [0.05, 0.1) is 99.3 Å². The Bertz CT molecular complexity index is 11200. The largest absolute Gasteiger partial charge is 0.308 e. The van der Waals surface area contributed by atoms with Crippen LogP contribution in [0.1, 0.15) is 11.1 Å². The fourth-order valence-corrected chi connectivity index (χ4v) is 26.8. The van der Waals surface area contributed by atoms with Crippen molar-refractivity contribution in [1.29, 1.82) is 0 Å². The summed E-state index contributed by atoms with van der Waals surface area (Å²) >= 11 is 1.47. The average Bonchev–Trinajstić information content (AvgIpc) is 0.730. The van der Waals surface area contributed by atoms with Crippen LogP contribution < -0.4 is 81.1 Å². The third-order valence-electron chi connectivity index (χ3n) is 29.9. The van der Waals surface area contributed by atoms with E-state index in [9.17, 15) is 57.5 Å². The molecule has 0 radical (unpaired) electrons. The number of nitrogens with zero attached hydrogens (tertiary/aromatic N) is 6. The van der Waals surface area contributed by atoms with Crippen LogP contribution in [0.4, 0.5) is 0 Å². The van der Waals surface area contributed by atoms with E-state index in [1.54, 1.807) is 109 Å². The maximum absolute atomic E-state index is 14.4. The normalized spacial score (nSPS) is 12.3. The summed E-state index contributed by atoms with van der Waals surface area (Å²) in [4.78, 5) is 167. The number of hydrogen-bond acceptors (Lipinski definition) is 13. The third kappa shape index (κ3) is 12.1. The van der Waals surface area contributed by atoms with E-state index in [1.807, 2.05) is 278 Å². The topological polar surface area (TPSA) is 231 Å². The molecule has 0 bridgehead atoms. The summed E-state index contributed by atoms with van der Waals surface area (Å²) in [7, 11) is -1.24. The quantitative estimate of drug-likeness (QED) is 0.0822. The number of para-hydroxylation sites is 12. The minimum absolute atomic E-state index is 0.0815. The van der Waals surface area contributed by atoms with Gasteiger partial charge in [0.25, 0.3) is 0 Å². The monoisotopic (exact) mass is 1930 g/mol. The van der Waals surface area contributed by atoms with Gasteiger partial charge in [-0.1, -0.05) is 176 Å². The average molecular weight is 1930 g/mol. The summed E-state index contributed by atoms with van der Waals surface area (Å²) in [5, 5.41) is 16.1. The molecule has 31 aromatic rings. The summed E-state index contributed by atoms with van der Waals surface area (Å²) in [6.07, 6.45) is 0.505. The van der Waals surface area contributed by atoms with Crippen molar-refractivity contribution in [3.05, 3.63) is 528 Å².